The van der Waals surface area contributed by atoms with Crippen molar-refractivity contribution in [2.24, 2.45) is 0 Å². The van der Waals surface area contributed by atoms with Crippen molar-refractivity contribution >= 4 is 17.4 Å². The van der Waals surface area contributed by atoms with E-state index in [4.69, 9.17) is 0 Å². The predicted octanol–water partition coefficient (Wildman–Crippen LogP) is 4.60. The van der Waals surface area contributed by atoms with E-state index in [1.165, 1.54) is 16.7 Å². The van der Waals surface area contributed by atoms with E-state index in [1.807, 2.05) is 57.2 Å². The van der Waals surface area contributed by atoms with E-state index in [0.29, 0.717) is 0 Å². The summed E-state index contributed by atoms with van der Waals surface area (Å²) in [6.07, 6.45) is 0. The fraction of sp³-hybridized carbons (Fsp3) is 0.316. The van der Waals surface area contributed by atoms with E-state index >= 15 is 0 Å². The molecule has 0 saturated carbocycles. The number of para-hydroxylation sites is 1. The molecule has 5 nitrogen and oxygen atoms in total. The molecule has 0 unspecified atom stereocenters. The van der Waals surface area contributed by atoms with Crippen molar-refractivity contribution in [2.75, 3.05) is 10.9 Å². The van der Waals surface area contributed by atoms with Crippen LogP contribution in [0.5, 0.6) is 0 Å². The number of amides is 2. The van der Waals surface area contributed by atoms with Crippen LogP contribution in [-0.2, 0) is 0 Å². The molecule has 0 aromatic heterocycles. The molecule has 0 aliphatic rings. The summed E-state index contributed by atoms with van der Waals surface area (Å²) < 4.78 is 0. The van der Waals surface area contributed by atoms with Gasteiger partial charge in [-0.05, 0) is 68.1 Å². The molecule has 2 rings (SSSR count). The topological polar surface area (TPSA) is 65.2 Å². The molecule has 2 amide bonds. The number of carbonyl (C=O) groups is 1. The van der Waals surface area contributed by atoms with E-state index in [2.05, 4.69) is 42.5 Å². The van der Waals surface area contributed by atoms with E-state index < -0.39 is 0 Å². The number of benzene rings is 2. The van der Waals surface area contributed by atoms with Gasteiger partial charge in [-0.2, -0.15) is 0 Å². The molecule has 2 aromatic carbocycles. The van der Waals surface area contributed by atoms with Crippen LogP contribution in [0.15, 0.2) is 36.4 Å². The van der Waals surface area contributed by atoms with Crippen molar-refractivity contribution in [3.63, 3.8) is 0 Å². The lowest BCUT2D eigenvalue weighted by Gasteiger charge is -2.17. The quantitative estimate of drug-likeness (QED) is 0.620. The number of carbonyl (C=O) groups excluding carboxylic acids is 1. The smallest absolute Gasteiger partial charge is 0.297 e. The van der Waals surface area contributed by atoms with Gasteiger partial charge in [0.1, 0.15) is 0 Å². The van der Waals surface area contributed by atoms with Crippen molar-refractivity contribution < 1.29 is 4.79 Å². The summed E-state index contributed by atoms with van der Waals surface area (Å²) in [5, 5.41) is 0. The zero-order valence-electron chi connectivity index (χ0n) is 15.4. The summed E-state index contributed by atoms with van der Waals surface area (Å²) in [6, 6.07) is 11.1. The van der Waals surface area contributed by atoms with Crippen LogP contribution in [0.2, 0.25) is 0 Å². The zero-order chi connectivity index (χ0) is 18.1. The lowest BCUT2D eigenvalue weighted by Crippen LogP contribution is -2.42. The van der Waals surface area contributed by atoms with Crippen LogP contribution in [0.4, 0.5) is 16.2 Å². The Labute approximate surface area is 144 Å². The highest BCUT2D eigenvalue weighted by atomic mass is 16.2. The second-order valence-corrected chi connectivity index (χ2v) is 5.31. The standard InChI is InChI=1S/C17H22N4O.C2H6/c1-11-10-16(14(4)13(3)12(11)2)19-21-17(22)20-18-15-8-6-5-7-9-15;1-2/h5-10,18-19H,1-4H3,(H2,20,21,22);1-2H3. The first-order valence-corrected chi connectivity index (χ1v) is 8.19. The average molecular weight is 328 g/mol. The van der Waals surface area contributed by atoms with E-state index in [-0.39, 0.29) is 6.03 Å². The molecule has 0 radical (unpaired) electrons. The first-order valence-electron chi connectivity index (χ1n) is 8.19. The van der Waals surface area contributed by atoms with Gasteiger partial charge >= 0.3 is 6.03 Å². The third-order valence-corrected chi connectivity index (χ3v) is 3.89. The van der Waals surface area contributed by atoms with Crippen molar-refractivity contribution in [1.82, 2.24) is 10.9 Å². The average Bonchev–Trinajstić information content (AvgIpc) is 2.62. The highest BCUT2D eigenvalue weighted by molar-refractivity contribution is 5.77. The van der Waals surface area contributed by atoms with Crippen LogP contribution in [-0.4, -0.2) is 6.03 Å². The molecule has 2 aromatic rings. The summed E-state index contributed by atoms with van der Waals surface area (Å²) in [4.78, 5) is 11.8. The van der Waals surface area contributed by atoms with Gasteiger partial charge in [-0.1, -0.05) is 32.0 Å². The third-order valence-electron chi connectivity index (χ3n) is 3.89. The second kappa shape index (κ2) is 9.45. The second-order valence-electron chi connectivity index (χ2n) is 5.31. The molecule has 5 heteroatoms. The monoisotopic (exact) mass is 328 g/mol. The van der Waals surface area contributed by atoms with Crippen molar-refractivity contribution in [3.8, 4) is 0 Å². The molecule has 0 bridgehead atoms. The van der Waals surface area contributed by atoms with Crippen LogP contribution in [0.25, 0.3) is 0 Å². The van der Waals surface area contributed by atoms with Gasteiger partial charge in [-0.15, -0.1) is 0 Å². The van der Waals surface area contributed by atoms with Gasteiger partial charge in [0, 0.05) is 0 Å². The van der Waals surface area contributed by atoms with Crippen LogP contribution in [0, 0.1) is 27.7 Å². The van der Waals surface area contributed by atoms with Gasteiger partial charge < -0.3 is 0 Å². The molecule has 0 aliphatic heterocycles. The highest BCUT2D eigenvalue weighted by Gasteiger charge is 2.07. The lowest BCUT2D eigenvalue weighted by molar-refractivity contribution is 0.244. The van der Waals surface area contributed by atoms with Gasteiger partial charge in [-0.3, -0.25) is 21.7 Å². The highest BCUT2D eigenvalue weighted by Crippen LogP contribution is 2.24. The van der Waals surface area contributed by atoms with Crippen LogP contribution >= 0.6 is 0 Å². The SMILES string of the molecule is CC.Cc1cc(NNC(=O)NNc2ccccc2)c(C)c(C)c1C. The zero-order valence-corrected chi connectivity index (χ0v) is 15.4. The minimum Gasteiger partial charge on any atom is -0.297 e. The molecule has 4 N–H and O–H groups in total. The Morgan fingerprint density at radius 3 is 2.00 bits per heavy atom. The van der Waals surface area contributed by atoms with Crippen LogP contribution in [0.3, 0.4) is 0 Å². The number of hydrogen-bond acceptors (Lipinski definition) is 3. The molecule has 0 heterocycles. The number of anilines is 2. The maximum absolute atomic E-state index is 11.8. The molecule has 0 fully saturated rings. The van der Waals surface area contributed by atoms with Gasteiger partial charge in [0.25, 0.3) is 0 Å². The number of nitrogens with one attached hydrogen (secondary N) is 4. The number of aryl methyl sites for hydroxylation is 1. The molecule has 0 spiro atoms. The number of rotatable bonds is 4. The number of hydrogen-bond donors (Lipinski definition) is 4. The summed E-state index contributed by atoms with van der Waals surface area (Å²) in [5.74, 6) is 0. The van der Waals surface area contributed by atoms with Gasteiger partial charge in [0.05, 0.1) is 11.4 Å². The molecule has 24 heavy (non-hydrogen) atoms. The molecular formula is C19H28N4O. The summed E-state index contributed by atoms with van der Waals surface area (Å²) in [7, 11) is 0. The third kappa shape index (κ3) is 5.19. The van der Waals surface area contributed by atoms with Crippen molar-refractivity contribution in [3.05, 3.63) is 58.7 Å². The molecule has 0 atom stereocenters. The molecule has 0 aliphatic carbocycles. The largest absolute Gasteiger partial charge is 0.352 e. The summed E-state index contributed by atoms with van der Waals surface area (Å²) >= 11 is 0. The minimum absolute atomic E-state index is 0.362. The van der Waals surface area contributed by atoms with Gasteiger partial charge in [-0.25, -0.2) is 4.79 Å². The first kappa shape index (κ1) is 19.4. The summed E-state index contributed by atoms with van der Waals surface area (Å²) in [5.41, 5.74) is 17.5. The van der Waals surface area contributed by atoms with Crippen LogP contribution < -0.4 is 21.7 Å². The molecular weight excluding hydrogens is 300 g/mol. The number of urea groups is 1. The Morgan fingerprint density at radius 2 is 1.38 bits per heavy atom. The first-order chi connectivity index (χ1) is 11.5. The van der Waals surface area contributed by atoms with E-state index in [9.17, 15) is 4.79 Å². The molecule has 0 saturated heterocycles. The van der Waals surface area contributed by atoms with Gasteiger partial charge in [0.2, 0.25) is 0 Å². The lowest BCUT2D eigenvalue weighted by atomic mass is 9.98. The van der Waals surface area contributed by atoms with Gasteiger partial charge in [0.15, 0.2) is 0 Å². The predicted molar refractivity (Wildman–Crippen MR) is 102 cm³/mol. The fourth-order valence-corrected chi connectivity index (χ4v) is 2.15. The minimum atomic E-state index is -0.362. The molecule has 130 valence electrons. The Hall–Kier alpha value is -2.69. The summed E-state index contributed by atoms with van der Waals surface area (Å²) in [6.45, 7) is 12.3. The van der Waals surface area contributed by atoms with Crippen molar-refractivity contribution in [1.29, 1.82) is 0 Å². The fourth-order valence-electron chi connectivity index (χ4n) is 2.15. The Kier molecular flexibility index (Phi) is 7.62. The van der Waals surface area contributed by atoms with E-state index in [1.54, 1.807) is 0 Å². The van der Waals surface area contributed by atoms with E-state index in [0.717, 1.165) is 16.9 Å². The maximum Gasteiger partial charge on any atom is 0.352 e. The number of hydrazine groups is 2. The van der Waals surface area contributed by atoms with Crippen LogP contribution in [0.1, 0.15) is 36.1 Å². The Morgan fingerprint density at radius 1 is 0.792 bits per heavy atom. The maximum atomic E-state index is 11.8. The Balaban J connectivity index is 0.00000139. The Bertz CT molecular complexity index is 669. The normalized spacial score (nSPS) is 9.42. The van der Waals surface area contributed by atoms with Crippen molar-refractivity contribution in [2.45, 2.75) is 41.5 Å².